The van der Waals surface area contributed by atoms with Gasteiger partial charge in [0, 0.05) is 12.2 Å². The average Bonchev–Trinajstić information content (AvgIpc) is 2.67. The fourth-order valence-electron chi connectivity index (χ4n) is 2.41. The normalized spacial score (nSPS) is 13.5. The van der Waals surface area contributed by atoms with E-state index in [1.807, 2.05) is 0 Å². The van der Waals surface area contributed by atoms with E-state index in [9.17, 15) is 0 Å². The molecule has 1 rings (SSSR count). The van der Waals surface area contributed by atoms with Crippen molar-refractivity contribution in [1.29, 1.82) is 0 Å². The van der Waals surface area contributed by atoms with E-state index in [0.29, 0.717) is 11.8 Å². The van der Waals surface area contributed by atoms with E-state index in [1.54, 1.807) is 0 Å². The summed E-state index contributed by atoms with van der Waals surface area (Å²) in [7, 11) is 0. The largest absolute Gasteiger partial charge is 0.316 e. The van der Waals surface area contributed by atoms with Gasteiger partial charge in [-0.25, -0.2) is 0 Å². The van der Waals surface area contributed by atoms with Crippen LogP contribution in [-0.2, 0) is 13.0 Å². The Morgan fingerprint density at radius 3 is 2.42 bits per heavy atom. The van der Waals surface area contributed by atoms with Crippen LogP contribution in [0.25, 0.3) is 0 Å². The molecule has 19 heavy (non-hydrogen) atoms. The Balaban J connectivity index is 2.62. The van der Waals surface area contributed by atoms with Crippen molar-refractivity contribution >= 4 is 0 Å². The van der Waals surface area contributed by atoms with E-state index in [0.717, 1.165) is 37.7 Å². The summed E-state index contributed by atoms with van der Waals surface area (Å²) < 4.78 is 2.15. The van der Waals surface area contributed by atoms with Crippen molar-refractivity contribution in [3.63, 3.8) is 0 Å². The summed E-state index contributed by atoms with van der Waals surface area (Å²) in [6, 6.07) is 2.24. The SMILES string of the molecule is CCn1nc(C)cc1CC(CNCC(C)C)C(C)C. The summed E-state index contributed by atoms with van der Waals surface area (Å²) in [6.45, 7) is 16.6. The molecule has 1 unspecified atom stereocenters. The first-order valence-electron chi connectivity index (χ1n) is 7.68. The van der Waals surface area contributed by atoms with E-state index in [1.165, 1.54) is 5.69 Å². The standard InChI is InChI=1S/C16H31N3/c1-7-19-16(8-14(6)18-19)9-15(13(4)5)11-17-10-12(2)3/h8,12-13,15,17H,7,9-11H2,1-6H3. The molecule has 0 spiro atoms. The lowest BCUT2D eigenvalue weighted by Gasteiger charge is -2.22. The van der Waals surface area contributed by atoms with E-state index < -0.39 is 0 Å². The van der Waals surface area contributed by atoms with Gasteiger partial charge in [0.2, 0.25) is 0 Å². The van der Waals surface area contributed by atoms with Gasteiger partial charge in [-0.3, -0.25) is 4.68 Å². The quantitative estimate of drug-likeness (QED) is 0.782. The van der Waals surface area contributed by atoms with Gasteiger partial charge >= 0.3 is 0 Å². The fraction of sp³-hybridized carbons (Fsp3) is 0.812. The third-order valence-electron chi connectivity index (χ3n) is 3.66. The monoisotopic (exact) mass is 265 g/mol. The van der Waals surface area contributed by atoms with Crippen LogP contribution in [-0.4, -0.2) is 22.9 Å². The van der Waals surface area contributed by atoms with Crippen molar-refractivity contribution < 1.29 is 0 Å². The molecular formula is C16H31N3. The highest BCUT2D eigenvalue weighted by Crippen LogP contribution is 2.17. The minimum absolute atomic E-state index is 0.681. The summed E-state index contributed by atoms with van der Waals surface area (Å²) in [6.07, 6.45) is 1.12. The molecule has 0 aromatic carbocycles. The zero-order valence-electron chi connectivity index (χ0n) is 13.5. The molecule has 1 N–H and O–H groups in total. The van der Waals surface area contributed by atoms with Gasteiger partial charge in [0.05, 0.1) is 5.69 Å². The molecule has 1 aromatic heterocycles. The maximum atomic E-state index is 4.55. The van der Waals surface area contributed by atoms with E-state index >= 15 is 0 Å². The predicted octanol–water partition coefficient (Wildman–Crippen LogP) is 3.27. The number of aryl methyl sites for hydroxylation is 2. The van der Waals surface area contributed by atoms with Crippen LogP contribution in [0.4, 0.5) is 0 Å². The van der Waals surface area contributed by atoms with Gasteiger partial charge in [0.15, 0.2) is 0 Å². The number of hydrogen-bond donors (Lipinski definition) is 1. The van der Waals surface area contributed by atoms with Gasteiger partial charge in [-0.15, -0.1) is 0 Å². The maximum Gasteiger partial charge on any atom is 0.0596 e. The predicted molar refractivity (Wildman–Crippen MR) is 82.4 cm³/mol. The third-order valence-corrected chi connectivity index (χ3v) is 3.66. The lowest BCUT2D eigenvalue weighted by Crippen LogP contribution is -2.30. The third kappa shape index (κ3) is 5.35. The molecule has 3 nitrogen and oxygen atoms in total. The highest BCUT2D eigenvalue weighted by atomic mass is 15.3. The molecule has 0 radical (unpaired) electrons. The van der Waals surface area contributed by atoms with Crippen molar-refractivity contribution in [2.45, 2.75) is 54.5 Å². The van der Waals surface area contributed by atoms with Crippen LogP contribution in [0.2, 0.25) is 0 Å². The molecular weight excluding hydrogens is 234 g/mol. The second-order valence-electron chi connectivity index (χ2n) is 6.35. The minimum Gasteiger partial charge on any atom is -0.316 e. The lowest BCUT2D eigenvalue weighted by molar-refractivity contribution is 0.344. The van der Waals surface area contributed by atoms with E-state index in [-0.39, 0.29) is 0 Å². The highest BCUT2D eigenvalue weighted by molar-refractivity contribution is 5.10. The van der Waals surface area contributed by atoms with Gasteiger partial charge in [-0.1, -0.05) is 27.7 Å². The molecule has 0 aliphatic carbocycles. The molecule has 1 aromatic rings. The smallest absolute Gasteiger partial charge is 0.0596 e. The van der Waals surface area contributed by atoms with Crippen LogP contribution in [0, 0.1) is 24.7 Å². The summed E-state index contributed by atoms with van der Waals surface area (Å²) in [5, 5.41) is 8.15. The maximum absolute atomic E-state index is 4.55. The summed E-state index contributed by atoms with van der Waals surface area (Å²) >= 11 is 0. The van der Waals surface area contributed by atoms with Gasteiger partial charge in [0.25, 0.3) is 0 Å². The Kier molecular flexibility index (Phi) is 6.56. The van der Waals surface area contributed by atoms with Crippen molar-refractivity contribution in [2.24, 2.45) is 17.8 Å². The molecule has 0 bridgehead atoms. The van der Waals surface area contributed by atoms with Crippen LogP contribution in [0.15, 0.2) is 6.07 Å². The summed E-state index contributed by atoms with van der Waals surface area (Å²) in [4.78, 5) is 0. The molecule has 0 aliphatic rings. The molecule has 0 aliphatic heterocycles. The van der Waals surface area contributed by atoms with Crippen LogP contribution in [0.5, 0.6) is 0 Å². The molecule has 1 atom stereocenters. The topological polar surface area (TPSA) is 29.9 Å². The molecule has 110 valence electrons. The fourth-order valence-corrected chi connectivity index (χ4v) is 2.41. The zero-order chi connectivity index (χ0) is 14.4. The lowest BCUT2D eigenvalue weighted by atomic mass is 9.91. The van der Waals surface area contributed by atoms with E-state index in [4.69, 9.17) is 0 Å². The van der Waals surface area contributed by atoms with Crippen molar-refractivity contribution in [3.05, 3.63) is 17.5 Å². The molecule has 0 saturated heterocycles. The Morgan fingerprint density at radius 1 is 1.21 bits per heavy atom. The van der Waals surface area contributed by atoms with Crippen LogP contribution in [0.1, 0.15) is 46.0 Å². The van der Waals surface area contributed by atoms with Crippen molar-refractivity contribution in [3.8, 4) is 0 Å². The second kappa shape index (κ2) is 7.68. The number of rotatable bonds is 8. The van der Waals surface area contributed by atoms with Gasteiger partial charge < -0.3 is 5.32 Å². The molecule has 0 saturated carbocycles. The average molecular weight is 265 g/mol. The Labute approximate surface area is 118 Å². The van der Waals surface area contributed by atoms with E-state index in [2.05, 4.69) is 62.7 Å². The Morgan fingerprint density at radius 2 is 1.89 bits per heavy atom. The zero-order valence-corrected chi connectivity index (χ0v) is 13.5. The molecule has 1 heterocycles. The highest BCUT2D eigenvalue weighted by Gasteiger charge is 2.16. The van der Waals surface area contributed by atoms with Crippen molar-refractivity contribution in [2.75, 3.05) is 13.1 Å². The van der Waals surface area contributed by atoms with Gasteiger partial charge in [-0.05, 0) is 57.2 Å². The number of hydrogen-bond acceptors (Lipinski definition) is 2. The number of nitrogens with one attached hydrogen (secondary N) is 1. The van der Waals surface area contributed by atoms with Gasteiger partial charge in [0.1, 0.15) is 0 Å². The Hall–Kier alpha value is -0.830. The first kappa shape index (κ1) is 16.2. The number of nitrogens with zero attached hydrogens (tertiary/aromatic N) is 2. The summed E-state index contributed by atoms with van der Waals surface area (Å²) in [5.41, 5.74) is 2.51. The first-order chi connectivity index (χ1) is 8.93. The molecule has 0 fully saturated rings. The van der Waals surface area contributed by atoms with Crippen LogP contribution < -0.4 is 5.32 Å². The first-order valence-corrected chi connectivity index (χ1v) is 7.68. The minimum atomic E-state index is 0.681. The van der Waals surface area contributed by atoms with Crippen LogP contribution >= 0.6 is 0 Å². The molecule has 0 amide bonds. The van der Waals surface area contributed by atoms with Gasteiger partial charge in [-0.2, -0.15) is 5.10 Å². The second-order valence-corrected chi connectivity index (χ2v) is 6.35. The van der Waals surface area contributed by atoms with Crippen molar-refractivity contribution in [1.82, 2.24) is 15.1 Å². The molecule has 3 heteroatoms. The Bertz CT molecular complexity index is 366. The van der Waals surface area contributed by atoms with Crippen LogP contribution in [0.3, 0.4) is 0 Å². The summed E-state index contributed by atoms with van der Waals surface area (Å²) in [5.74, 6) is 2.09. The number of aromatic nitrogens is 2.